The van der Waals surface area contributed by atoms with Gasteiger partial charge < -0.3 is 5.73 Å². The smallest absolute Gasteiger partial charge is 0.202 e. The molecule has 1 aromatic rings. The molecule has 0 saturated carbocycles. The molecule has 0 aliphatic heterocycles. The molecule has 88 valence electrons. The van der Waals surface area contributed by atoms with Gasteiger partial charge in [0.2, 0.25) is 9.84 Å². The lowest BCUT2D eigenvalue weighted by molar-refractivity contribution is 0.594. The van der Waals surface area contributed by atoms with Crippen molar-refractivity contribution in [2.45, 2.75) is 24.8 Å². The van der Waals surface area contributed by atoms with Gasteiger partial charge in [-0.3, -0.25) is 0 Å². The average molecular weight is 241 g/mol. The van der Waals surface area contributed by atoms with E-state index in [1.165, 1.54) is 12.3 Å². The monoisotopic (exact) mass is 241 g/mol. The molecule has 0 unspecified atom stereocenters. The third-order valence-corrected chi connectivity index (χ3v) is 3.57. The Hall–Kier alpha value is -1.43. The van der Waals surface area contributed by atoms with Crippen LogP contribution in [0.3, 0.4) is 0 Å². The highest BCUT2D eigenvalue weighted by Gasteiger charge is 2.20. The van der Waals surface area contributed by atoms with E-state index in [4.69, 9.17) is 5.73 Å². The summed E-state index contributed by atoms with van der Waals surface area (Å²) in [4.78, 5) is 7.89. The normalized spacial score (nSPS) is 11.7. The number of anilines is 1. The number of nitrogens with zero attached hydrogens (tertiary/aromatic N) is 2. The third kappa shape index (κ3) is 2.57. The van der Waals surface area contributed by atoms with Gasteiger partial charge in [0, 0.05) is 0 Å². The molecule has 0 aliphatic rings. The molecule has 6 heteroatoms. The van der Waals surface area contributed by atoms with Gasteiger partial charge in [-0.05, 0) is 5.92 Å². The highest BCUT2D eigenvalue weighted by Crippen LogP contribution is 2.18. The van der Waals surface area contributed by atoms with Gasteiger partial charge in [0.15, 0.2) is 10.8 Å². The van der Waals surface area contributed by atoms with Gasteiger partial charge in [0.1, 0.15) is 0 Å². The molecule has 0 spiro atoms. The van der Waals surface area contributed by atoms with Crippen molar-refractivity contribution < 1.29 is 8.42 Å². The van der Waals surface area contributed by atoms with Crippen molar-refractivity contribution in [2.24, 2.45) is 0 Å². The summed E-state index contributed by atoms with van der Waals surface area (Å²) in [7, 11) is -3.51. The highest BCUT2D eigenvalue weighted by atomic mass is 32.2. The van der Waals surface area contributed by atoms with Crippen LogP contribution in [-0.2, 0) is 9.84 Å². The summed E-state index contributed by atoms with van der Waals surface area (Å²) in [5.74, 6) is -0.148. The Labute approximate surface area is 95.3 Å². The standard InChI is InChI=1S/C10H15N3O2S/c1-4-5-16(14,15)10-9(11)12-6-8(13-10)7(2)3/h4,6-7H,1,5H2,2-3H3,(H2,11,12). The van der Waals surface area contributed by atoms with E-state index in [-0.39, 0.29) is 22.5 Å². The van der Waals surface area contributed by atoms with Crippen molar-refractivity contribution in [1.82, 2.24) is 9.97 Å². The Balaban J connectivity index is 3.32. The molecule has 0 saturated heterocycles. The van der Waals surface area contributed by atoms with Gasteiger partial charge in [-0.2, -0.15) is 0 Å². The van der Waals surface area contributed by atoms with E-state index < -0.39 is 9.84 Å². The summed E-state index contributed by atoms with van der Waals surface area (Å²) in [6, 6.07) is 0. The predicted octanol–water partition coefficient (Wildman–Crippen LogP) is 1.14. The first kappa shape index (κ1) is 12.6. The first-order valence-corrected chi connectivity index (χ1v) is 6.49. The lowest BCUT2D eigenvalue weighted by Gasteiger charge is -2.08. The van der Waals surface area contributed by atoms with Crippen molar-refractivity contribution in [3.63, 3.8) is 0 Å². The zero-order chi connectivity index (χ0) is 12.3. The van der Waals surface area contributed by atoms with E-state index in [2.05, 4.69) is 16.5 Å². The van der Waals surface area contributed by atoms with Crippen LogP contribution in [0.25, 0.3) is 0 Å². The molecule has 1 rings (SSSR count). The van der Waals surface area contributed by atoms with E-state index in [1.54, 1.807) is 0 Å². The zero-order valence-corrected chi connectivity index (χ0v) is 10.2. The van der Waals surface area contributed by atoms with E-state index in [0.717, 1.165) is 0 Å². The maximum atomic E-state index is 11.8. The summed E-state index contributed by atoms with van der Waals surface area (Å²) in [5.41, 5.74) is 6.13. The zero-order valence-electron chi connectivity index (χ0n) is 9.34. The Morgan fingerprint density at radius 3 is 2.69 bits per heavy atom. The van der Waals surface area contributed by atoms with Gasteiger partial charge >= 0.3 is 0 Å². The van der Waals surface area contributed by atoms with Crippen LogP contribution < -0.4 is 5.73 Å². The summed E-state index contributed by atoms with van der Waals surface area (Å²) >= 11 is 0. The van der Waals surface area contributed by atoms with Crippen molar-refractivity contribution in [3.8, 4) is 0 Å². The molecule has 0 radical (unpaired) electrons. The predicted molar refractivity (Wildman–Crippen MR) is 62.8 cm³/mol. The van der Waals surface area contributed by atoms with Crippen molar-refractivity contribution in [1.29, 1.82) is 0 Å². The lowest BCUT2D eigenvalue weighted by Crippen LogP contribution is -2.13. The maximum Gasteiger partial charge on any atom is 0.202 e. The minimum atomic E-state index is -3.51. The molecule has 0 amide bonds. The van der Waals surface area contributed by atoms with Crippen LogP contribution >= 0.6 is 0 Å². The van der Waals surface area contributed by atoms with Gasteiger partial charge in [-0.25, -0.2) is 18.4 Å². The minimum Gasteiger partial charge on any atom is -0.381 e. The number of rotatable bonds is 4. The molecule has 0 bridgehead atoms. The lowest BCUT2D eigenvalue weighted by atomic mass is 10.1. The summed E-state index contributed by atoms with van der Waals surface area (Å²) < 4.78 is 23.5. The van der Waals surface area contributed by atoms with E-state index >= 15 is 0 Å². The SMILES string of the molecule is C=CCS(=O)(=O)c1nc(C(C)C)cnc1N. The fourth-order valence-corrected chi connectivity index (χ4v) is 2.22. The molecule has 2 N–H and O–H groups in total. The minimum absolute atomic E-state index is 0.0637. The third-order valence-electron chi connectivity index (χ3n) is 2.01. The highest BCUT2D eigenvalue weighted by molar-refractivity contribution is 7.91. The molecular weight excluding hydrogens is 226 g/mol. The maximum absolute atomic E-state index is 11.8. The van der Waals surface area contributed by atoms with Crippen molar-refractivity contribution in [3.05, 3.63) is 24.5 Å². The summed E-state index contributed by atoms with van der Waals surface area (Å²) in [6.45, 7) is 7.20. The van der Waals surface area contributed by atoms with Gasteiger partial charge in [0.05, 0.1) is 17.6 Å². The molecule has 16 heavy (non-hydrogen) atoms. The molecule has 0 fully saturated rings. The van der Waals surface area contributed by atoms with Crippen LogP contribution in [0.15, 0.2) is 23.9 Å². The molecule has 1 aromatic heterocycles. The van der Waals surface area contributed by atoms with Gasteiger partial charge in [-0.1, -0.05) is 19.9 Å². The Morgan fingerprint density at radius 2 is 2.19 bits per heavy atom. The van der Waals surface area contributed by atoms with Crippen LogP contribution in [0.1, 0.15) is 25.5 Å². The molecule has 0 aromatic carbocycles. The molecule has 1 heterocycles. The second kappa shape index (κ2) is 4.61. The number of nitrogens with two attached hydrogens (primary N) is 1. The van der Waals surface area contributed by atoms with E-state index in [1.807, 2.05) is 13.8 Å². The molecular formula is C10H15N3O2S. The first-order valence-electron chi connectivity index (χ1n) is 4.84. The van der Waals surface area contributed by atoms with Crippen LogP contribution in [0.5, 0.6) is 0 Å². The van der Waals surface area contributed by atoms with Crippen LogP contribution in [-0.4, -0.2) is 24.1 Å². The fraction of sp³-hybridized carbons (Fsp3) is 0.400. The Bertz CT molecular complexity index is 495. The number of nitrogen functional groups attached to an aromatic ring is 1. The summed E-state index contributed by atoms with van der Waals surface area (Å²) in [6.07, 6.45) is 2.80. The van der Waals surface area contributed by atoms with Crippen LogP contribution in [0.2, 0.25) is 0 Å². The van der Waals surface area contributed by atoms with E-state index in [0.29, 0.717) is 5.69 Å². The molecule has 0 aliphatic carbocycles. The number of sulfone groups is 1. The summed E-state index contributed by atoms with van der Waals surface area (Å²) in [5, 5.41) is -0.154. The van der Waals surface area contributed by atoms with Crippen molar-refractivity contribution >= 4 is 15.7 Å². The molecule has 0 atom stereocenters. The average Bonchev–Trinajstić information content (AvgIpc) is 2.17. The van der Waals surface area contributed by atoms with E-state index in [9.17, 15) is 8.42 Å². The second-order valence-electron chi connectivity index (χ2n) is 3.71. The topological polar surface area (TPSA) is 85.9 Å². The second-order valence-corrected chi connectivity index (χ2v) is 5.66. The largest absolute Gasteiger partial charge is 0.381 e. The first-order chi connectivity index (χ1) is 7.38. The number of hydrogen-bond donors (Lipinski definition) is 1. The Kier molecular flexibility index (Phi) is 3.64. The number of aromatic nitrogens is 2. The Morgan fingerprint density at radius 1 is 1.56 bits per heavy atom. The van der Waals surface area contributed by atoms with Gasteiger partial charge in [0.25, 0.3) is 0 Å². The fourth-order valence-electron chi connectivity index (χ4n) is 1.14. The number of hydrogen-bond acceptors (Lipinski definition) is 5. The van der Waals surface area contributed by atoms with Crippen molar-refractivity contribution in [2.75, 3.05) is 11.5 Å². The van der Waals surface area contributed by atoms with Crippen LogP contribution in [0.4, 0.5) is 5.82 Å². The van der Waals surface area contributed by atoms with Gasteiger partial charge in [-0.15, -0.1) is 6.58 Å². The quantitative estimate of drug-likeness (QED) is 0.799. The van der Waals surface area contributed by atoms with Crippen LogP contribution in [0, 0.1) is 0 Å². The molecule has 5 nitrogen and oxygen atoms in total.